The second kappa shape index (κ2) is 32.4. The first kappa shape index (κ1) is 76.8. The third-order valence-electron chi connectivity index (χ3n) is 26.7. The summed E-state index contributed by atoms with van der Waals surface area (Å²) in [6.45, 7) is 0. The quantitative estimate of drug-likeness (QED) is 0.117. The van der Waals surface area contributed by atoms with Crippen molar-refractivity contribution in [3.63, 3.8) is 0 Å². The van der Waals surface area contributed by atoms with Gasteiger partial charge in [0.1, 0.15) is 0 Å². The smallest absolute Gasteiger partial charge is 0.0548 e. The van der Waals surface area contributed by atoms with Crippen molar-refractivity contribution in [1.82, 2.24) is 27.4 Å². The van der Waals surface area contributed by atoms with Crippen molar-refractivity contribution in [2.45, 2.75) is 0 Å². The molecule has 0 N–H and O–H groups in total. The minimum Gasteiger partial charge on any atom is -0.309 e. The van der Waals surface area contributed by atoms with Crippen molar-refractivity contribution in [1.29, 1.82) is 0 Å². The van der Waals surface area contributed by atoms with Gasteiger partial charge in [-0.2, -0.15) is 0 Å². The zero-order valence-electron chi connectivity index (χ0n) is 72.2. The number of hydrogen-bond donors (Lipinski definition) is 0. The van der Waals surface area contributed by atoms with Gasteiger partial charge in [-0.1, -0.05) is 364 Å². The van der Waals surface area contributed by atoms with E-state index in [1.165, 1.54) is 209 Å². The molecular formula is C126H84N6. The average molecular weight is 1680 g/mol. The number of benzene rings is 21. The second-order valence-electron chi connectivity index (χ2n) is 34.2. The molecule has 0 aliphatic carbocycles. The van der Waals surface area contributed by atoms with Crippen molar-refractivity contribution < 1.29 is 0 Å². The topological polar surface area (TPSA) is 29.6 Å². The van der Waals surface area contributed by atoms with Gasteiger partial charge in [-0.3, -0.25) is 0 Å². The van der Waals surface area contributed by atoms with Gasteiger partial charge in [-0.25, -0.2) is 0 Å². The third-order valence-corrected chi connectivity index (χ3v) is 26.7. The van der Waals surface area contributed by atoms with Crippen LogP contribution in [0.25, 0.3) is 232 Å². The van der Waals surface area contributed by atoms with Gasteiger partial charge in [0, 0.05) is 98.8 Å². The summed E-state index contributed by atoms with van der Waals surface area (Å²) in [5.41, 5.74) is 36.2. The van der Waals surface area contributed by atoms with Crippen molar-refractivity contribution in [3.8, 4) is 101 Å². The highest BCUT2D eigenvalue weighted by Crippen LogP contribution is 2.48. The Bertz CT molecular complexity index is 8900. The van der Waals surface area contributed by atoms with Crippen LogP contribution in [0.1, 0.15) is 0 Å². The maximum Gasteiger partial charge on any atom is 0.0548 e. The molecule has 21 aromatic carbocycles. The van der Waals surface area contributed by atoms with E-state index < -0.39 is 0 Å². The van der Waals surface area contributed by atoms with Crippen molar-refractivity contribution in [3.05, 3.63) is 510 Å². The van der Waals surface area contributed by atoms with Crippen LogP contribution in [0, 0.1) is 0 Å². The van der Waals surface area contributed by atoms with Crippen LogP contribution in [0.2, 0.25) is 0 Å². The van der Waals surface area contributed by atoms with Gasteiger partial charge in [-0.05, 0) is 212 Å². The van der Waals surface area contributed by atoms with Crippen LogP contribution >= 0.6 is 0 Å². The highest BCUT2D eigenvalue weighted by Gasteiger charge is 2.26. The van der Waals surface area contributed by atoms with E-state index >= 15 is 0 Å². The molecule has 0 saturated carbocycles. The number of fused-ring (bicyclic) bond motifs is 21. The molecule has 0 fully saturated rings. The Labute approximate surface area is 763 Å². The van der Waals surface area contributed by atoms with Gasteiger partial charge in [0.2, 0.25) is 0 Å². The van der Waals surface area contributed by atoms with Crippen LogP contribution < -0.4 is 0 Å². The second-order valence-corrected chi connectivity index (χ2v) is 34.2. The molecule has 0 saturated heterocycles. The Morgan fingerprint density at radius 2 is 0.242 bits per heavy atom. The molecule has 0 bridgehead atoms. The summed E-state index contributed by atoms with van der Waals surface area (Å²) in [5, 5.41) is 15.4. The van der Waals surface area contributed by atoms with E-state index in [0.29, 0.717) is 0 Å². The first-order valence-corrected chi connectivity index (χ1v) is 45.4. The lowest BCUT2D eigenvalue weighted by Gasteiger charge is -2.11. The van der Waals surface area contributed by atoms with Gasteiger partial charge in [0.25, 0.3) is 0 Å². The minimum atomic E-state index is 1.16. The van der Waals surface area contributed by atoms with Crippen LogP contribution in [0.5, 0.6) is 0 Å². The van der Waals surface area contributed by atoms with E-state index in [9.17, 15) is 0 Å². The minimum absolute atomic E-state index is 1.16. The molecule has 0 radical (unpaired) electrons. The highest BCUT2D eigenvalue weighted by molar-refractivity contribution is 6.32. The van der Waals surface area contributed by atoms with Gasteiger partial charge in [0.15, 0.2) is 0 Å². The molecule has 0 amide bonds. The number of para-hydroxylation sites is 8. The third kappa shape index (κ3) is 13.0. The van der Waals surface area contributed by atoms with Crippen LogP contribution in [0.15, 0.2) is 510 Å². The fourth-order valence-corrected chi connectivity index (χ4v) is 20.9. The summed E-state index contributed by atoms with van der Waals surface area (Å²) in [5.74, 6) is 0. The molecule has 0 aliphatic rings. The Morgan fingerprint density at radius 1 is 0.0909 bits per heavy atom. The molecule has 6 heterocycles. The fourth-order valence-electron chi connectivity index (χ4n) is 20.9. The van der Waals surface area contributed by atoms with Crippen LogP contribution in [0.4, 0.5) is 0 Å². The predicted octanol–water partition coefficient (Wildman–Crippen LogP) is 33.6. The monoisotopic (exact) mass is 1680 g/mol. The van der Waals surface area contributed by atoms with Gasteiger partial charge in [0.05, 0.1) is 66.2 Å². The number of aromatic nitrogens is 6. The molecule has 6 nitrogen and oxygen atoms in total. The predicted molar refractivity (Wildman–Crippen MR) is 558 cm³/mol. The maximum atomic E-state index is 2.43. The van der Waals surface area contributed by atoms with Crippen LogP contribution in [0.3, 0.4) is 0 Å². The van der Waals surface area contributed by atoms with Gasteiger partial charge in [-0.15, -0.1) is 0 Å². The van der Waals surface area contributed by atoms with E-state index in [1.54, 1.807) is 0 Å². The summed E-state index contributed by atoms with van der Waals surface area (Å²) >= 11 is 0. The molecule has 132 heavy (non-hydrogen) atoms. The Kier molecular flexibility index (Phi) is 18.8. The van der Waals surface area contributed by atoms with E-state index in [0.717, 1.165) is 22.7 Å². The maximum absolute atomic E-state index is 2.43. The Morgan fingerprint density at radius 3 is 0.477 bits per heavy atom. The zero-order valence-corrected chi connectivity index (χ0v) is 72.2. The van der Waals surface area contributed by atoms with E-state index in [1.807, 2.05) is 0 Å². The molecule has 27 aromatic rings. The molecule has 618 valence electrons. The normalized spacial score (nSPS) is 11.6. The molecule has 6 heteroatoms. The zero-order chi connectivity index (χ0) is 87.1. The number of rotatable bonds is 12. The largest absolute Gasteiger partial charge is 0.309 e. The van der Waals surface area contributed by atoms with E-state index in [4.69, 9.17) is 0 Å². The van der Waals surface area contributed by atoms with Crippen LogP contribution in [-0.2, 0) is 0 Å². The molecule has 0 aliphatic heterocycles. The number of hydrogen-bond acceptors (Lipinski definition) is 0. The van der Waals surface area contributed by atoms with Gasteiger partial charge < -0.3 is 27.4 Å². The molecule has 27 rings (SSSR count). The van der Waals surface area contributed by atoms with Crippen molar-refractivity contribution in [2.24, 2.45) is 0 Å². The molecule has 0 atom stereocenters. The standard InChI is InChI=1S/3C42H28N2/c1-3-13-29(14-4-1)31-17-11-19-33(27-31)43-37-23-9-7-21-35(37)41-39(43)25-26-40-42(41)36-22-8-10-24-38(36)44(40)34-20-12-18-32(28-34)30-15-5-2-6-16-30;1-3-12-29(13-4-1)30-22-24-31(25-23-30)32-14-11-17-34(28-32)44-38-21-10-8-19-36(38)42-40(44)27-26-39-41(42)35-18-7-9-20-37(35)43(39)33-15-5-2-6-16-33;1-3-11-29(12-4-1)30-19-21-31(22-20-30)32-23-25-34(26-24-32)44-38-18-10-8-16-36(38)42-40(44)28-27-39-41(42)35-15-7-9-17-37(35)43(39)33-13-5-2-6-14-33/h3*1-28H. The van der Waals surface area contributed by atoms with Gasteiger partial charge >= 0.3 is 0 Å². The highest BCUT2D eigenvalue weighted by atomic mass is 15.0. The SMILES string of the molecule is c1ccc(-c2ccc(-c3ccc(-n4c5ccccc5c5c6c7ccccc7n(-c7ccccc7)c6ccc54)cc3)cc2)cc1.c1ccc(-c2ccc(-c3cccc(-n4c5ccccc5c5c6c7ccccc7n(-c7ccccc7)c6ccc54)c3)cc2)cc1.c1ccc(-c2cccc(-n3c4ccccc4c4c5c6ccccc6n(-c6cccc(-c7ccccc7)c6)c5ccc43)c2)cc1. The number of nitrogens with zero attached hydrogens (tertiary/aromatic N) is 6. The summed E-state index contributed by atoms with van der Waals surface area (Å²) in [7, 11) is 0. The van der Waals surface area contributed by atoms with E-state index in [2.05, 4.69) is 537 Å². The summed E-state index contributed by atoms with van der Waals surface area (Å²) in [6.07, 6.45) is 0. The van der Waals surface area contributed by atoms with E-state index in [-0.39, 0.29) is 0 Å². The molecule has 6 aromatic heterocycles. The van der Waals surface area contributed by atoms with Crippen molar-refractivity contribution in [2.75, 3.05) is 0 Å². The summed E-state index contributed by atoms with van der Waals surface area (Å²) in [4.78, 5) is 0. The summed E-state index contributed by atoms with van der Waals surface area (Å²) < 4.78 is 14.5. The molecule has 0 spiro atoms. The van der Waals surface area contributed by atoms with Crippen LogP contribution in [-0.4, -0.2) is 27.4 Å². The first-order valence-electron chi connectivity index (χ1n) is 45.4. The average Bonchev–Trinajstić information content (AvgIpc) is 1.56. The molecule has 0 unspecified atom stereocenters. The first-order chi connectivity index (χ1) is 65.5. The van der Waals surface area contributed by atoms with Crippen molar-refractivity contribution >= 4 is 131 Å². The fraction of sp³-hybridized carbons (Fsp3) is 0. The lowest BCUT2D eigenvalue weighted by molar-refractivity contribution is 1.17. The Balaban J connectivity index is 0.000000106. The lowest BCUT2D eigenvalue weighted by atomic mass is 10.00. The molecular weight excluding hydrogens is 1600 g/mol. The summed E-state index contributed by atoms with van der Waals surface area (Å²) in [6, 6.07) is 184. The lowest BCUT2D eigenvalue weighted by Crippen LogP contribution is -1.95. The Hall–Kier alpha value is -17.6.